The van der Waals surface area contributed by atoms with Gasteiger partial charge in [0.25, 0.3) is 0 Å². The Bertz CT molecular complexity index is 577. The van der Waals surface area contributed by atoms with Crippen molar-refractivity contribution in [1.29, 1.82) is 5.26 Å². The molecule has 2 aromatic rings. The van der Waals surface area contributed by atoms with E-state index >= 15 is 0 Å². The van der Waals surface area contributed by atoms with Crippen LogP contribution in [-0.4, -0.2) is 30.3 Å². The van der Waals surface area contributed by atoms with Crippen LogP contribution in [0.15, 0.2) is 27.7 Å². The fourth-order valence-corrected chi connectivity index (χ4v) is 1.29. The molecule has 5 heteroatoms. The van der Waals surface area contributed by atoms with Crippen molar-refractivity contribution >= 4 is 23.1 Å². The molecule has 5 nitrogen and oxygen atoms in total. The van der Waals surface area contributed by atoms with Gasteiger partial charge < -0.3 is 9.32 Å². The van der Waals surface area contributed by atoms with Crippen LogP contribution in [0.5, 0.6) is 0 Å². The molecule has 0 aliphatic heterocycles. The van der Waals surface area contributed by atoms with E-state index in [0.717, 1.165) is 0 Å². The lowest BCUT2D eigenvalue weighted by atomic mass is 10.3. The van der Waals surface area contributed by atoms with E-state index in [1.165, 1.54) is 0 Å². The lowest BCUT2D eigenvalue weighted by Crippen LogP contribution is -2.07. The monoisotopic (exact) mass is 214 g/mol. The third-order valence-electron chi connectivity index (χ3n) is 1.94. The number of hydrogen-bond acceptors (Lipinski definition) is 4. The third kappa shape index (κ3) is 1.73. The zero-order valence-electron chi connectivity index (χ0n) is 9.01. The molecule has 0 fully saturated rings. The number of furan rings is 1. The number of hydrogen-bond donors (Lipinski definition) is 0. The van der Waals surface area contributed by atoms with E-state index in [1.54, 1.807) is 29.6 Å². The maximum absolute atomic E-state index is 8.93. The van der Waals surface area contributed by atoms with E-state index in [2.05, 4.69) is 9.98 Å². The normalized spacial score (nSPS) is 10.8. The molecule has 2 aromatic heterocycles. The number of aliphatic imine (C=N–C) groups is 1. The summed E-state index contributed by atoms with van der Waals surface area (Å²) < 4.78 is 5.32. The molecule has 0 spiro atoms. The lowest BCUT2D eigenvalue weighted by molar-refractivity contribution is 0.599. The summed E-state index contributed by atoms with van der Waals surface area (Å²) in [7, 11) is 3.70. The van der Waals surface area contributed by atoms with E-state index in [0.29, 0.717) is 16.8 Å². The van der Waals surface area contributed by atoms with Crippen LogP contribution in [0.1, 0.15) is 5.76 Å². The summed E-state index contributed by atoms with van der Waals surface area (Å²) in [5, 5.41) is 8.93. The Kier molecular flexibility index (Phi) is 2.56. The van der Waals surface area contributed by atoms with Crippen LogP contribution in [-0.2, 0) is 0 Å². The van der Waals surface area contributed by atoms with Crippen LogP contribution >= 0.6 is 0 Å². The quantitative estimate of drug-likeness (QED) is 0.565. The topological polar surface area (TPSA) is 65.4 Å². The minimum Gasteiger partial charge on any atom is -0.441 e. The van der Waals surface area contributed by atoms with E-state index in [-0.39, 0.29) is 5.76 Å². The van der Waals surface area contributed by atoms with Crippen LogP contribution in [0, 0.1) is 11.3 Å². The lowest BCUT2D eigenvalue weighted by Gasteiger charge is -2.00. The largest absolute Gasteiger partial charge is 0.441 e. The minimum absolute atomic E-state index is 0.187. The predicted molar refractivity (Wildman–Crippen MR) is 60.6 cm³/mol. The highest BCUT2D eigenvalue weighted by Crippen LogP contribution is 2.30. The number of fused-ring (bicyclic) bond motifs is 1. The summed E-state index contributed by atoms with van der Waals surface area (Å²) in [6.45, 7) is 0. The van der Waals surface area contributed by atoms with Crippen molar-refractivity contribution in [1.82, 2.24) is 9.88 Å². The van der Waals surface area contributed by atoms with Crippen LogP contribution in [0.4, 0.5) is 5.69 Å². The number of nitrogens with zero attached hydrogens (tertiary/aromatic N) is 4. The minimum atomic E-state index is 0.187. The zero-order valence-corrected chi connectivity index (χ0v) is 9.01. The van der Waals surface area contributed by atoms with Crippen molar-refractivity contribution in [3.8, 4) is 6.07 Å². The van der Waals surface area contributed by atoms with Gasteiger partial charge in [0.2, 0.25) is 5.76 Å². The summed E-state index contributed by atoms with van der Waals surface area (Å²) in [5.41, 5.74) is 1.66. The SMILES string of the molecule is CN(C)C=Nc1c(C#N)oc2cccnc12. The Hall–Kier alpha value is -2.35. The molecular weight excluding hydrogens is 204 g/mol. The molecule has 0 aliphatic rings. The molecule has 2 rings (SSSR count). The molecular formula is C11H10N4O. The van der Waals surface area contributed by atoms with Gasteiger partial charge in [0.1, 0.15) is 17.3 Å². The van der Waals surface area contributed by atoms with Gasteiger partial charge in [0, 0.05) is 20.3 Å². The smallest absolute Gasteiger partial charge is 0.232 e. The maximum Gasteiger partial charge on any atom is 0.232 e. The Labute approximate surface area is 92.6 Å². The number of pyridine rings is 1. The highest BCUT2D eigenvalue weighted by atomic mass is 16.3. The van der Waals surface area contributed by atoms with Gasteiger partial charge in [0.05, 0.1) is 6.34 Å². The summed E-state index contributed by atoms with van der Waals surface area (Å²) in [4.78, 5) is 10.1. The summed E-state index contributed by atoms with van der Waals surface area (Å²) in [6.07, 6.45) is 3.26. The van der Waals surface area contributed by atoms with E-state index < -0.39 is 0 Å². The standard InChI is InChI=1S/C11H10N4O/c1-15(2)7-14-11-9(6-12)16-8-4-3-5-13-10(8)11/h3-5,7H,1-2H3. The first-order valence-corrected chi connectivity index (χ1v) is 4.70. The maximum atomic E-state index is 8.93. The summed E-state index contributed by atoms with van der Waals surface area (Å²) >= 11 is 0. The molecule has 0 saturated heterocycles. The van der Waals surface area contributed by atoms with Crippen molar-refractivity contribution < 1.29 is 4.42 Å². The Morgan fingerprint density at radius 2 is 2.38 bits per heavy atom. The molecule has 0 bridgehead atoms. The molecule has 0 aliphatic carbocycles. The van der Waals surface area contributed by atoms with Gasteiger partial charge in [-0.05, 0) is 12.1 Å². The molecule has 0 aromatic carbocycles. The average Bonchev–Trinajstić information content (AvgIpc) is 2.64. The van der Waals surface area contributed by atoms with Crippen LogP contribution in [0.2, 0.25) is 0 Å². The second-order valence-electron chi connectivity index (χ2n) is 3.45. The predicted octanol–water partition coefficient (Wildman–Crippen LogP) is 1.92. The number of aromatic nitrogens is 1. The van der Waals surface area contributed by atoms with E-state index in [9.17, 15) is 0 Å². The molecule has 0 amide bonds. The van der Waals surface area contributed by atoms with Crippen molar-refractivity contribution in [2.75, 3.05) is 14.1 Å². The molecule has 80 valence electrons. The highest BCUT2D eigenvalue weighted by Gasteiger charge is 2.13. The number of nitriles is 1. The van der Waals surface area contributed by atoms with Gasteiger partial charge >= 0.3 is 0 Å². The van der Waals surface area contributed by atoms with Crippen molar-refractivity contribution in [2.24, 2.45) is 4.99 Å². The van der Waals surface area contributed by atoms with Crippen LogP contribution in [0.25, 0.3) is 11.1 Å². The Morgan fingerprint density at radius 3 is 3.06 bits per heavy atom. The average molecular weight is 214 g/mol. The first-order chi connectivity index (χ1) is 7.72. The Balaban J connectivity index is 2.61. The second kappa shape index (κ2) is 4.03. The molecule has 2 heterocycles. The molecule has 0 unspecified atom stereocenters. The van der Waals surface area contributed by atoms with Crippen LogP contribution < -0.4 is 0 Å². The fourth-order valence-electron chi connectivity index (χ4n) is 1.29. The first kappa shape index (κ1) is 10.2. The van der Waals surface area contributed by atoms with Gasteiger partial charge in [-0.15, -0.1) is 0 Å². The fraction of sp³-hybridized carbons (Fsp3) is 0.182. The molecule has 0 atom stereocenters. The highest BCUT2D eigenvalue weighted by molar-refractivity contribution is 5.89. The summed E-state index contributed by atoms with van der Waals surface area (Å²) in [6, 6.07) is 5.49. The van der Waals surface area contributed by atoms with Gasteiger partial charge in [0.15, 0.2) is 5.58 Å². The van der Waals surface area contributed by atoms with Gasteiger partial charge in [-0.2, -0.15) is 5.26 Å². The second-order valence-corrected chi connectivity index (χ2v) is 3.45. The number of rotatable bonds is 2. The molecule has 0 N–H and O–H groups in total. The van der Waals surface area contributed by atoms with Crippen molar-refractivity contribution in [2.45, 2.75) is 0 Å². The van der Waals surface area contributed by atoms with Gasteiger partial charge in [-0.3, -0.25) is 4.98 Å². The van der Waals surface area contributed by atoms with Crippen molar-refractivity contribution in [3.63, 3.8) is 0 Å². The van der Waals surface area contributed by atoms with Crippen molar-refractivity contribution in [3.05, 3.63) is 24.1 Å². The molecule has 16 heavy (non-hydrogen) atoms. The Morgan fingerprint density at radius 1 is 1.56 bits per heavy atom. The van der Waals surface area contributed by atoms with Crippen LogP contribution in [0.3, 0.4) is 0 Å². The van der Waals surface area contributed by atoms with E-state index in [4.69, 9.17) is 9.68 Å². The molecule has 0 radical (unpaired) electrons. The molecule has 0 saturated carbocycles. The van der Waals surface area contributed by atoms with Gasteiger partial charge in [-0.1, -0.05) is 0 Å². The first-order valence-electron chi connectivity index (χ1n) is 4.70. The third-order valence-corrected chi connectivity index (χ3v) is 1.94. The summed E-state index contributed by atoms with van der Waals surface area (Å²) in [5.74, 6) is 0.187. The van der Waals surface area contributed by atoms with E-state index in [1.807, 2.05) is 20.2 Å². The van der Waals surface area contributed by atoms with Gasteiger partial charge in [-0.25, -0.2) is 4.99 Å². The zero-order chi connectivity index (χ0) is 11.5.